The molecule has 3 heteroatoms. The summed E-state index contributed by atoms with van der Waals surface area (Å²) in [4.78, 5) is 0. The first-order chi connectivity index (χ1) is 12.6. The number of halogens is 2. The largest absolute Gasteiger partial charge is 0.490 e. The van der Waals surface area contributed by atoms with E-state index in [1.165, 1.54) is 0 Å². The highest BCUT2D eigenvalue weighted by atomic mass is 19.2. The number of hydrogen-bond donors (Lipinski definition) is 0. The summed E-state index contributed by atoms with van der Waals surface area (Å²) in [5.41, 5.74) is 0.525. The Morgan fingerprint density at radius 1 is 1.00 bits per heavy atom. The lowest BCUT2D eigenvalue weighted by Gasteiger charge is -2.29. The first kappa shape index (κ1) is 18.6. The maximum atomic E-state index is 14.8. The van der Waals surface area contributed by atoms with Crippen molar-refractivity contribution in [3.8, 4) is 5.75 Å². The van der Waals surface area contributed by atoms with E-state index in [4.69, 9.17) is 4.74 Å². The van der Waals surface area contributed by atoms with Gasteiger partial charge in [0.05, 0.1) is 0 Å². The van der Waals surface area contributed by atoms with Crippen LogP contribution in [0.25, 0.3) is 10.8 Å². The van der Waals surface area contributed by atoms with Crippen molar-refractivity contribution in [3.63, 3.8) is 0 Å². The van der Waals surface area contributed by atoms with Crippen LogP contribution >= 0.6 is 0 Å². The highest BCUT2D eigenvalue weighted by Crippen LogP contribution is 2.40. The van der Waals surface area contributed by atoms with Crippen LogP contribution in [0.3, 0.4) is 0 Å². The van der Waals surface area contributed by atoms with Gasteiger partial charge in [0, 0.05) is 5.39 Å². The first-order valence-electron chi connectivity index (χ1n) is 9.40. The van der Waals surface area contributed by atoms with Gasteiger partial charge in [-0.3, -0.25) is 0 Å². The summed E-state index contributed by atoms with van der Waals surface area (Å²) < 4.78 is 34.9. The third-order valence-corrected chi connectivity index (χ3v) is 5.45. The van der Waals surface area contributed by atoms with Gasteiger partial charge in [-0.15, -0.1) is 6.58 Å². The summed E-state index contributed by atoms with van der Waals surface area (Å²) in [5, 5.41) is 0.992. The summed E-state index contributed by atoms with van der Waals surface area (Å²) in [5.74, 6) is -0.165. The average molecular weight is 356 g/mol. The third kappa shape index (κ3) is 3.98. The molecule has 0 amide bonds. The molecule has 0 spiro atoms. The Morgan fingerprint density at radius 2 is 1.77 bits per heavy atom. The van der Waals surface area contributed by atoms with E-state index in [1.54, 1.807) is 24.3 Å². The van der Waals surface area contributed by atoms with Crippen molar-refractivity contribution in [1.29, 1.82) is 0 Å². The molecule has 1 aliphatic carbocycles. The van der Waals surface area contributed by atoms with Crippen LogP contribution in [-0.4, -0.2) is 6.61 Å². The van der Waals surface area contributed by atoms with Crippen molar-refractivity contribution in [3.05, 3.63) is 66.8 Å². The molecule has 0 aliphatic heterocycles. The molecule has 0 saturated heterocycles. The second-order valence-electron chi connectivity index (χ2n) is 7.16. The van der Waals surface area contributed by atoms with Gasteiger partial charge >= 0.3 is 0 Å². The van der Waals surface area contributed by atoms with E-state index in [0.29, 0.717) is 23.8 Å². The van der Waals surface area contributed by atoms with E-state index in [1.807, 2.05) is 12.1 Å². The first-order valence-corrected chi connectivity index (χ1v) is 9.40. The van der Waals surface area contributed by atoms with E-state index in [0.717, 1.165) is 43.9 Å². The summed E-state index contributed by atoms with van der Waals surface area (Å²) in [6.07, 6.45) is 9.75. The molecule has 0 bridgehead atoms. The highest BCUT2D eigenvalue weighted by Gasteiger charge is 2.26. The number of benzene rings is 2. The molecule has 0 radical (unpaired) electrons. The summed E-state index contributed by atoms with van der Waals surface area (Å²) in [7, 11) is 0. The fraction of sp³-hybridized carbons (Fsp3) is 0.391. The third-order valence-electron chi connectivity index (χ3n) is 5.45. The van der Waals surface area contributed by atoms with Crippen LogP contribution in [0.4, 0.5) is 8.78 Å². The van der Waals surface area contributed by atoms with E-state index in [2.05, 4.69) is 13.2 Å². The minimum absolute atomic E-state index is 0.102. The van der Waals surface area contributed by atoms with Gasteiger partial charge in [-0.05, 0) is 79.5 Å². The second kappa shape index (κ2) is 8.48. The quantitative estimate of drug-likeness (QED) is 0.489. The van der Waals surface area contributed by atoms with Crippen LogP contribution in [0.1, 0.15) is 50.0 Å². The monoisotopic (exact) mass is 356 g/mol. The second-order valence-corrected chi connectivity index (χ2v) is 7.16. The fourth-order valence-corrected chi connectivity index (χ4v) is 3.98. The Labute approximate surface area is 154 Å². The van der Waals surface area contributed by atoms with Gasteiger partial charge in [-0.1, -0.05) is 24.8 Å². The number of allylic oxidation sites excluding steroid dienone is 1. The molecule has 0 unspecified atom stereocenters. The van der Waals surface area contributed by atoms with Crippen LogP contribution in [-0.2, 0) is 0 Å². The van der Waals surface area contributed by atoms with E-state index >= 15 is 0 Å². The van der Waals surface area contributed by atoms with Crippen molar-refractivity contribution in [2.45, 2.75) is 44.4 Å². The Bertz CT molecular complexity index is 788. The smallest absolute Gasteiger partial charge is 0.167 e. The van der Waals surface area contributed by atoms with E-state index < -0.39 is 11.6 Å². The van der Waals surface area contributed by atoms with Crippen LogP contribution in [0.2, 0.25) is 0 Å². The van der Waals surface area contributed by atoms with Gasteiger partial charge in [0.15, 0.2) is 11.6 Å². The zero-order chi connectivity index (χ0) is 18.5. The van der Waals surface area contributed by atoms with Gasteiger partial charge in [0.25, 0.3) is 0 Å². The van der Waals surface area contributed by atoms with Gasteiger partial charge in [-0.25, -0.2) is 8.78 Å². The maximum Gasteiger partial charge on any atom is 0.167 e. The van der Waals surface area contributed by atoms with Crippen LogP contribution < -0.4 is 4.74 Å². The number of hydrogen-bond acceptors (Lipinski definition) is 1. The molecular weight excluding hydrogens is 330 g/mol. The number of fused-ring (bicyclic) bond motifs is 1. The molecule has 2 aromatic carbocycles. The summed E-state index contributed by atoms with van der Waals surface area (Å²) >= 11 is 0. The summed E-state index contributed by atoms with van der Waals surface area (Å²) in [6, 6.07) is 6.97. The predicted molar refractivity (Wildman–Crippen MR) is 104 cm³/mol. The van der Waals surface area contributed by atoms with Crippen LogP contribution in [0, 0.1) is 17.6 Å². The molecule has 1 aliphatic rings. The molecular formula is C23H26F2O. The maximum absolute atomic E-state index is 14.8. The fourth-order valence-electron chi connectivity index (χ4n) is 3.98. The lowest BCUT2D eigenvalue weighted by Crippen LogP contribution is -2.15. The Morgan fingerprint density at radius 3 is 2.46 bits per heavy atom. The van der Waals surface area contributed by atoms with Crippen molar-refractivity contribution in [2.24, 2.45) is 5.92 Å². The zero-order valence-electron chi connectivity index (χ0n) is 15.1. The van der Waals surface area contributed by atoms with Gasteiger partial charge in [-0.2, -0.15) is 0 Å². The van der Waals surface area contributed by atoms with Gasteiger partial charge < -0.3 is 4.74 Å². The molecule has 0 aromatic heterocycles. The molecule has 1 fully saturated rings. The highest BCUT2D eigenvalue weighted by molar-refractivity contribution is 5.85. The molecule has 1 saturated carbocycles. The molecule has 1 nitrogen and oxygen atoms in total. The molecule has 2 aromatic rings. The predicted octanol–water partition coefficient (Wildman–Crippen LogP) is 6.92. The number of ether oxygens (including phenoxy) is 1. The SMILES string of the molecule is C=CCCC1CCC(c2cc3ccc(OCC=C)cc3c(F)c2F)CC1. The lowest BCUT2D eigenvalue weighted by molar-refractivity contribution is 0.306. The standard InChI is InChI=1S/C23H26F2O/c1-3-5-6-16-7-9-17(10-8-16)20-14-18-11-12-19(26-13-4-2)15-21(18)23(25)22(20)24/h3-4,11-12,14-17H,1-2,5-10,13H2. The van der Waals surface area contributed by atoms with Crippen molar-refractivity contribution in [1.82, 2.24) is 0 Å². The van der Waals surface area contributed by atoms with Crippen LogP contribution in [0.15, 0.2) is 49.6 Å². The Balaban J connectivity index is 1.82. The van der Waals surface area contributed by atoms with E-state index in [-0.39, 0.29) is 11.3 Å². The number of rotatable bonds is 7. The van der Waals surface area contributed by atoms with Crippen molar-refractivity contribution < 1.29 is 13.5 Å². The molecule has 3 rings (SSSR count). The molecule has 138 valence electrons. The minimum atomic E-state index is -0.768. The molecule has 0 atom stereocenters. The normalized spacial score (nSPS) is 20.1. The van der Waals surface area contributed by atoms with Crippen LogP contribution in [0.5, 0.6) is 5.75 Å². The zero-order valence-corrected chi connectivity index (χ0v) is 15.1. The Hall–Kier alpha value is -2.16. The molecule has 0 heterocycles. The average Bonchev–Trinajstić information content (AvgIpc) is 2.68. The summed E-state index contributed by atoms with van der Waals surface area (Å²) in [6.45, 7) is 7.70. The van der Waals surface area contributed by atoms with Gasteiger partial charge in [0.1, 0.15) is 12.4 Å². The molecule has 0 N–H and O–H groups in total. The topological polar surface area (TPSA) is 9.23 Å². The molecule has 26 heavy (non-hydrogen) atoms. The lowest BCUT2D eigenvalue weighted by atomic mass is 9.76. The minimum Gasteiger partial charge on any atom is -0.490 e. The Kier molecular flexibility index (Phi) is 6.08. The van der Waals surface area contributed by atoms with Crippen molar-refractivity contribution in [2.75, 3.05) is 6.61 Å². The van der Waals surface area contributed by atoms with E-state index in [9.17, 15) is 8.78 Å². The van der Waals surface area contributed by atoms with Crippen molar-refractivity contribution >= 4 is 10.8 Å². The van der Waals surface area contributed by atoms with Gasteiger partial charge in [0.2, 0.25) is 0 Å².